The largest absolute Gasteiger partial charge is 0.619 e. The summed E-state index contributed by atoms with van der Waals surface area (Å²) in [6, 6.07) is 11.2. The Morgan fingerprint density at radius 2 is 1.75 bits per heavy atom. The van der Waals surface area contributed by atoms with Crippen molar-refractivity contribution in [1.29, 1.82) is 0 Å². The highest BCUT2D eigenvalue weighted by atomic mass is 35.5. The summed E-state index contributed by atoms with van der Waals surface area (Å²) in [5.74, 6) is 0.301. The lowest BCUT2D eigenvalue weighted by molar-refractivity contribution is -0.605. The maximum atomic E-state index is 12.9. The minimum atomic E-state index is -0.834. The average molecular weight is 476 g/mol. The van der Waals surface area contributed by atoms with Crippen LogP contribution in [0.15, 0.2) is 54.9 Å². The number of hydrogen-bond acceptors (Lipinski definition) is 6. The van der Waals surface area contributed by atoms with Crippen molar-refractivity contribution in [2.24, 2.45) is 0 Å². The summed E-state index contributed by atoms with van der Waals surface area (Å²) in [6.45, 7) is 0. The second kappa shape index (κ2) is 10.3. The van der Waals surface area contributed by atoms with Gasteiger partial charge in [-0.3, -0.25) is 4.79 Å². The SMILES string of the molecule is COc1ccc(C(Cc2c(Cl)c[n+]([O-])cc2Cl)OC(=O)c2cccc(C=O)c2)cc1OC. The first kappa shape index (κ1) is 23.4. The molecule has 9 heteroatoms. The van der Waals surface area contributed by atoms with E-state index in [-0.39, 0.29) is 22.0 Å². The van der Waals surface area contributed by atoms with Crippen molar-refractivity contribution in [3.63, 3.8) is 0 Å². The van der Waals surface area contributed by atoms with Crippen LogP contribution >= 0.6 is 23.2 Å². The van der Waals surface area contributed by atoms with Gasteiger partial charge in [0, 0.05) is 17.5 Å². The van der Waals surface area contributed by atoms with Crippen molar-refractivity contribution < 1.29 is 28.5 Å². The molecule has 166 valence electrons. The molecule has 0 saturated carbocycles. The van der Waals surface area contributed by atoms with Gasteiger partial charge in [-0.1, -0.05) is 41.4 Å². The summed E-state index contributed by atoms with van der Waals surface area (Å²) < 4.78 is 16.9. The van der Waals surface area contributed by atoms with Gasteiger partial charge in [-0.2, -0.15) is 4.73 Å². The van der Waals surface area contributed by atoms with E-state index in [2.05, 4.69) is 0 Å². The van der Waals surface area contributed by atoms with Crippen LogP contribution in [0.25, 0.3) is 0 Å². The van der Waals surface area contributed by atoms with Crippen molar-refractivity contribution in [1.82, 2.24) is 0 Å². The van der Waals surface area contributed by atoms with Crippen molar-refractivity contribution in [2.45, 2.75) is 12.5 Å². The first-order valence-electron chi connectivity index (χ1n) is 9.41. The minimum Gasteiger partial charge on any atom is -0.619 e. The van der Waals surface area contributed by atoms with Crippen LogP contribution in [0.4, 0.5) is 0 Å². The van der Waals surface area contributed by atoms with Gasteiger partial charge in [0.25, 0.3) is 0 Å². The van der Waals surface area contributed by atoms with Crippen LogP contribution in [0, 0.1) is 5.21 Å². The molecule has 0 aliphatic carbocycles. The number of aromatic nitrogens is 1. The average Bonchev–Trinajstić information content (AvgIpc) is 2.79. The number of aldehydes is 1. The fourth-order valence-corrected chi connectivity index (χ4v) is 3.73. The Hall–Kier alpha value is -3.29. The third kappa shape index (κ3) is 5.30. The molecule has 1 aromatic heterocycles. The predicted octanol–water partition coefficient (Wildman–Crippen LogP) is 4.60. The maximum absolute atomic E-state index is 12.9. The number of carbonyl (C=O) groups excluding carboxylic acids is 2. The zero-order valence-corrected chi connectivity index (χ0v) is 18.7. The Morgan fingerprint density at radius 1 is 1.06 bits per heavy atom. The Kier molecular flexibility index (Phi) is 7.56. The quantitative estimate of drug-likeness (QED) is 0.204. The van der Waals surface area contributed by atoms with Crippen molar-refractivity contribution in [2.75, 3.05) is 14.2 Å². The molecular weight excluding hydrogens is 457 g/mol. The monoisotopic (exact) mass is 475 g/mol. The number of pyridine rings is 1. The predicted molar refractivity (Wildman–Crippen MR) is 119 cm³/mol. The number of halogens is 2. The topological polar surface area (TPSA) is 88.8 Å². The number of benzene rings is 2. The normalized spacial score (nSPS) is 11.5. The molecule has 1 atom stereocenters. The van der Waals surface area contributed by atoms with Crippen molar-refractivity contribution >= 4 is 35.5 Å². The molecule has 0 fully saturated rings. The maximum Gasteiger partial charge on any atom is 0.338 e. The highest BCUT2D eigenvalue weighted by Crippen LogP contribution is 2.35. The van der Waals surface area contributed by atoms with E-state index in [0.29, 0.717) is 39.2 Å². The molecule has 1 unspecified atom stereocenters. The Bertz CT molecular complexity index is 1130. The first-order valence-corrected chi connectivity index (χ1v) is 10.2. The Balaban J connectivity index is 2.01. The number of nitrogens with zero attached hydrogens (tertiary/aromatic N) is 1. The third-order valence-electron chi connectivity index (χ3n) is 4.73. The number of hydrogen-bond donors (Lipinski definition) is 0. The molecule has 0 aliphatic rings. The van der Waals surface area contributed by atoms with Crippen LogP contribution in [-0.2, 0) is 11.2 Å². The molecular formula is C23H19Cl2NO6. The molecule has 1 heterocycles. The number of carbonyl (C=O) groups is 2. The van der Waals surface area contributed by atoms with Crippen LogP contribution in [0.1, 0.15) is 37.9 Å². The smallest absolute Gasteiger partial charge is 0.338 e. The lowest BCUT2D eigenvalue weighted by Gasteiger charge is -2.21. The molecule has 3 rings (SSSR count). The van der Waals surface area contributed by atoms with E-state index in [0.717, 1.165) is 0 Å². The van der Waals surface area contributed by atoms with Crippen molar-refractivity contribution in [3.8, 4) is 11.5 Å². The standard InChI is InChI=1S/C23H19Cl2NO6/c1-30-20-7-6-15(9-22(20)31-2)21(10-17-18(24)11-26(29)12-19(17)25)32-23(28)16-5-3-4-14(8-16)13-27/h3-9,11-13,21H,10H2,1-2H3. The molecule has 7 nitrogen and oxygen atoms in total. The molecule has 0 amide bonds. The second-order valence-electron chi connectivity index (χ2n) is 6.75. The summed E-state index contributed by atoms with van der Waals surface area (Å²) in [5.41, 5.74) is 1.59. The van der Waals surface area contributed by atoms with Gasteiger partial charge < -0.3 is 19.4 Å². The van der Waals surface area contributed by atoms with Crippen LogP contribution in [-0.4, -0.2) is 26.5 Å². The highest BCUT2D eigenvalue weighted by Gasteiger charge is 2.24. The molecule has 0 spiro atoms. The molecule has 0 aliphatic heterocycles. The fraction of sp³-hybridized carbons (Fsp3) is 0.174. The van der Waals surface area contributed by atoms with Crippen molar-refractivity contribution in [3.05, 3.63) is 92.4 Å². The van der Waals surface area contributed by atoms with Gasteiger partial charge in [-0.05, 0) is 29.8 Å². The lowest BCUT2D eigenvalue weighted by atomic mass is 10.0. The van der Waals surface area contributed by atoms with E-state index in [1.807, 2.05) is 0 Å². The zero-order chi connectivity index (χ0) is 23.3. The van der Waals surface area contributed by atoms with E-state index in [9.17, 15) is 14.8 Å². The summed E-state index contributed by atoms with van der Waals surface area (Å²) in [6.07, 6.45) is 2.24. The third-order valence-corrected chi connectivity index (χ3v) is 5.39. The zero-order valence-electron chi connectivity index (χ0n) is 17.2. The Labute approximate surface area is 194 Å². The van der Waals surface area contributed by atoms with Gasteiger partial charge in [0.15, 0.2) is 23.9 Å². The number of esters is 1. The molecule has 0 radical (unpaired) electrons. The molecule has 0 bridgehead atoms. The fourth-order valence-electron chi connectivity index (χ4n) is 3.13. The number of ether oxygens (including phenoxy) is 3. The van der Waals surface area contributed by atoms with Gasteiger partial charge in [0.05, 0.1) is 19.8 Å². The van der Waals surface area contributed by atoms with E-state index in [4.69, 9.17) is 37.4 Å². The minimum absolute atomic E-state index is 0.0904. The van der Waals surface area contributed by atoms with Crippen LogP contribution in [0.3, 0.4) is 0 Å². The summed E-state index contributed by atoms with van der Waals surface area (Å²) in [7, 11) is 3.00. The summed E-state index contributed by atoms with van der Waals surface area (Å²) in [5, 5.41) is 11.9. The van der Waals surface area contributed by atoms with E-state index in [1.165, 1.54) is 32.7 Å². The molecule has 3 aromatic rings. The highest BCUT2D eigenvalue weighted by molar-refractivity contribution is 6.35. The summed E-state index contributed by atoms with van der Waals surface area (Å²) in [4.78, 5) is 23.9. The lowest BCUT2D eigenvalue weighted by Crippen LogP contribution is -2.25. The molecule has 32 heavy (non-hydrogen) atoms. The number of rotatable bonds is 8. The van der Waals surface area contributed by atoms with Gasteiger partial charge >= 0.3 is 5.97 Å². The van der Waals surface area contributed by atoms with Crippen LogP contribution in [0.5, 0.6) is 11.5 Å². The van der Waals surface area contributed by atoms with Crippen LogP contribution in [0.2, 0.25) is 10.0 Å². The second-order valence-corrected chi connectivity index (χ2v) is 7.56. The van der Waals surface area contributed by atoms with Gasteiger partial charge in [0.1, 0.15) is 22.4 Å². The molecule has 0 saturated heterocycles. The molecule has 2 aromatic carbocycles. The van der Waals surface area contributed by atoms with Gasteiger partial charge in [-0.15, -0.1) is 0 Å². The number of methoxy groups -OCH3 is 2. The van der Waals surface area contributed by atoms with E-state index >= 15 is 0 Å². The first-order chi connectivity index (χ1) is 15.4. The Morgan fingerprint density at radius 3 is 2.38 bits per heavy atom. The van der Waals surface area contributed by atoms with E-state index in [1.54, 1.807) is 36.4 Å². The summed E-state index contributed by atoms with van der Waals surface area (Å²) >= 11 is 12.5. The molecule has 0 N–H and O–H groups in total. The van der Waals surface area contributed by atoms with E-state index < -0.39 is 12.1 Å². The van der Waals surface area contributed by atoms with Gasteiger partial charge in [0.2, 0.25) is 0 Å². The van der Waals surface area contributed by atoms with Crippen LogP contribution < -0.4 is 14.2 Å². The van der Waals surface area contributed by atoms with Gasteiger partial charge in [-0.25, -0.2) is 4.79 Å².